The summed E-state index contributed by atoms with van der Waals surface area (Å²) in [6, 6.07) is 15.9. The second-order valence-corrected chi connectivity index (χ2v) is 12.3. The zero-order chi connectivity index (χ0) is 30.1. The third-order valence-electron chi connectivity index (χ3n) is 9.49. The molecular formula is C34H41N7O2. The molecule has 2 aliphatic heterocycles. The predicted molar refractivity (Wildman–Crippen MR) is 169 cm³/mol. The molecule has 3 aromatic rings. The Kier molecular flexibility index (Phi) is 8.22. The number of carbonyl (C=O) groups is 1. The smallest absolute Gasteiger partial charge is 0.318 e. The summed E-state index contributed by atoms with van der Waals surface area (Å²) in [5, 5.41) is 12.1. The standard InChI is InChI=1S/C34H41N7O2/c1-5-31(42)41-19-18-40(20-26(41)14-16-35)33-27-15-17-39(30-11-7-10-24-9-6-8-23(2)32(24)30)21-28(27)36-34(37-33)43-22-25-12-13-29(25)38(3)4/h5-11,25-26,29H,1,12-15,17-22H2,2-4H3/t25-,26-,29-/m0/s1. The van der Waals surface area contributed by atoms with Gasteiger partial charge < -0.3 is 24.3 Å². The van der Waals surface area contributed by atoms with Crippen LogP contribution in [0.2, 0.25) is 0 Å². The van der Waals surface area contributed by atoms with Crippen LogP contribution < -0.4 is 14.5 Å². The summed E-state index contributed by atoms with van der Waals surface area (Å²) in [6.45, 7) is 9.61. The van der Waals surface area contributed by atoms with Crippen molar-refractivity contribution < 1.29 is 9.53 Å². The van der Waals surface area contributed by atoms with Crippen LogP contribution in [0.5, 0.6) is 6.01 Å². The van der Waals surface area contributed by atoms with E-state index in [2.05, 4.69) is 84.8 Å². The summed E-state index contributed by atoms with van der Waals surface area (Å²) in [6.07, 6.45) is 4.72. The van der Waals surface area contributed by atoms with Crippen molar-refractivity contribution in [3.63, 3.8) is 0 Å². The average Bonchev–Trinajstić information content (AvgIpc) is 2.99. The average molecular weight is 580 g/mol. The van der Waals surface area contributed by atoms with Crippen molar-refractivity contribution in [1.82, 2.24) is 19.8 Å². The fraction of sp³-hybridized carbons (Fsp3) is 0.471. The summed E-state index contributed by atoms with van der Waals surface area (Å²) in [5.41, 5.74) is 4.60. The van der Waals surface area contributed by atoms with Crippen molar-refractivity contribution in [3.8, 4) is 12.1 Å². The number of ether oxygens (including phenoxy) is 1. The normalized spacial score (nSPS) is 21.7. The Bertz CT molecular complexity index is 1560. The molecule has 1 amide bonds. The lowest BCUT2D eigenvalue weighted by atomic mass is 9.79. The Hall–Kier alpha value is -4.16. The summed E-state index contributed by atoms with van der Waals surface area (Å²) >= 11 is 0. The first-order valence-electron chi connectivity index (χ1n) is 15.3. The molecule has 0 bridgehead atoms. The summed E-state index contributed by atoms with van der Waals surface area (Å²) in [4.78, 5) is 31.3. The number of carbonyl (C=O) groups excluding carboxylic acids is 1. The van der Waals surface area contributed by atoms with E-state index < -0.39 is 0 Å². The third kappa shape index (κ3) is 5.64. The van der Waals surface area contributed by atoms with E-state index in [0.29, 0.717) is 50.8 Å². The monoisotopic (exact) mass is 579 g/mol. The van der Waals surface area contributed by atoms with Gasteiger partial charge in [-0.15, -0.1) is 0 Å². The Morgan fingerprint density at radius 1 is 1.14 bits per heavy atom. The summed E-state index contributed by atoms with van der Waals surface area (Å²) < 4.78 is 6.35. The first kappa shape index (κ1) is 28.9. The molecule has 1 saturated carbocycles. The number of aromatic nitrogens is 2. The molecule has 0 radical (unpaired) electrons. The lowest BCUT2D eigenvalue weighted by Gasteiger charge is -2.42. The van der Waals surface area contributed by atoms with Gasteiger partial charge >= 0.3 is 6.01 Å². The molecule has 43 heavy (non-hydrogen) atoms. The van der Waals surface area contributed by atoms with Crippen molar-refractivity contribution in [2.75, 3.05) is 56.7 Å². The van der Waals surface area contributed by atoms with Crippen LogP contribution >= 0.6 is 0 Å². The molecule has 0 N–H and O–H groups in total. The first-order chi connectivity index (χ1) is 20.9. The van der Waals surface area contributed by atoms with Crippen molar-refractivity contribution in [2.45, 2.75) is 51.2 Å². The van der Waals surface area contributed by atoms with Gasteiger partial charge in [-0.1, -0.05) is 36.9 Å². The maximum Gasteiger partial charge on any atom is 0.318 e. The Morgan fingerprint density at radius 3 is 2.67 bits per heavy atom. The van der Waals surface area contributed by atoms with Gasteiger partial charge in [-0.2, -0.15) is 15.2 Å². The molecule has 0 spiro atoms. The van der Waals surface area contributed by atoms with Gasteiger partial charge in [0.2, 0.25) is 5.91 Å². The topological polar surface area (TPSA) is 88.8 Å². The van der Waals surface area contributed by atoms with Crippen LogP contribution in [0.15, 0.2) is 49.1 Å². The molecule has 3 atom stereocenters. The van der Waals surface area contributed by atoms with E-state index in [1.165, 1.54) is 34.5 Å². The van der Waals surface area contributed by atoms with Crippen molar-refractivity contribution >= 4 is 28.2 Å². The zero-order valence-corrected chi connectivity index (χ0v) is 25.5. The number of anilines is 2. The second kappa shape index (κ2) is 12.2. The van der Waals surface area contributed by atoms with Crippen LogP contribution in [0.3, 0.4) is 0 Å². The van der Waals surface area contributed by atoms with Crippen LogP contribution in [0.25, 0.3) is 10.8 Å². The molecule has 1 saturated heterocycles. The van der Waals surface area contributed by atoms with Crippen LogP contribution in [0.1, 0.15) is 36.1 Å². The molecule has 224 valence electrons. The predicted octanol–water partition coefficient (Wildman–Crippen LogP) is 4.34. The molecule has 3 heterocycles. The Balaban J connectivity index is 1.33. The minimum Gasteiger partial charge on any atom is -0.463 e. The van der Waals surface area contributed by atoms with Gasteiger partial charge in [-0.3, -0.25) is 4.79 Å². The van der Waals surface area contributed by atoms with E-state index in [-0.39, 0.29) is 18.4 Å². The van der Waals surface area contributed by atoms with Gasteiger partial charge in [0, 0.05) is 54.8 Å². The highest BCUT2D eigenvalue weighted by atomic mass is 16.5. The fourth-order valence-corrected chi connectivity index (χ4v) is 7.03. The number of hydrogen-bond acceptors (Lipinski definition) is 8. The highest BCUT2D eigenvalue weighted by Gasteiger charge is 2.35. The van der Waals surface area contributed by atoms with Crippen LogP contribution in [-0.4, -0.2) is 84.6 Å². The largest absolute Gasteiger partial charge is 0.463 e. The summed E-state index contributed by atoms with van der Waals surface area (Å²) in [5.74, 6) is 1.20. The van der Waals surface area contributed by atoms with Crippen molar-refractivity contribution in [1.29, 1.82) is 5.26 Å². The van der Waals surface area contributed by atoms with Crippen LogP contribution in [0.4, 0.5) is 11.5 Å². The molecule has 2 fully saturated rings. The minimum absolute atomic E-state index is 0.134. The van der Waals surface area contributed by atoms with Gasteiger partial charge in [-0.25, -0.2) is 0 Å². The molecular weight excluding hydrogens is 538 g/mol. The van der Waals surface area contributed by atoms with Crippen LogP contribution in [-0.2, 0) is 17.8 Å². The highest BCUT2D eigenvalue weighted by Crippen LogP contribution is 2.36. The van der Waals surface area contributed by atoms with Gasteiger partial charge in [-0.05, 0) is 63.4 Å². The van der Waals surface area contributed by atoms with E-state index in [1.807, 2.05) is 0 Å². The maximum atomic E-state index is 12.6. The zero-order valence-electron chi connectivity index (χ0n) is 25.5. The lowest BCUT2D eigenvalue weighted by Crippen LogP contribution is -2.55. The number of aryl methyl sites for hydroxylation is 1. The SMILES string of the molecule is C=CC(=O)N1CCN(c2nc(OC[C@@H]3CC[C@@H]3N(C)C)nc3c2CCN(c2cccc4cccc(C)c24)C3)C[C@@H]1CC#N. The van der Waals surface area contributed by atoms with Crippen molar-refractivity contribution in [2.24, 2.45) is 5.92 Å². The number of rotatable bonds is 8. The van der Waals surface area contributed by atoms with Gasteiger partial charge in [0.15, 0.2) is 0 Å². The number of piperazine rings is 1. The molecule has 9 heteroatoms. The number of amides is 1. The Morgan fingerprint density at radius 2 is 1.95 bits per heavy atom. The van der Waals surface area contributed by atoms with E-state index in [4.69, 9.17) is 14.7 Å². The van der Waals surface area contributed by atoms with E-state index in [9.17, 15) is 10.1 Å². The second-order valence-electron chi connectivity index (χ2n) is 12.3. The minimum atomic E-state index is -0.228. The Labute approximate surface area is 254 Å². The van der Waals surface area contributed by atoms with E-state index >= 15 is 0 Å². The first-order valence-corrected chi connectivity index (χ1v) is 15.3. The number of nitriles is 1. The molecule has 2 aromatic carbocycles. The van der Waals surface area contributed by atoms with Gasteiger partial charge in [0.25, 0.3) is 0 Å². The number of hydrogen-bond donors (Lipinski definition) is 0. The van der Waals surface area contributed by atoms with Crippen LogP contribution in [0, 0.1) is 24.2 Å². The third-order valence-corrected chi connectivity index (χ3v) is 9.49. The molecule has 0 unspecified atom stereocenters. The molecule has 9 nitrogen and oxygen atoms in total. The fourth-order valence-electron chi connectivity index (χ4n) is 7.03. The molecule has 3 aliphatic rings. The number of fused-ring (bicyclic) bond motifs is 2. The lowest BCUT2D eigenvalue weighted by molar-refractivity contribution is -0.128. The quantitative estimate of drug-likeness (QED) is 0.365. The summed E-state index contributed by atoms with van der Waals surface area (Å²) in [7, 11) is 4.25. The molecule has 1 aromatic heterocycles. The highest BCUT2D eigenvalue weighted by molar-refractivity contribution is 5.97. The van der Waals surface area contributed by atoms with E-state index in [0.717, 1.165) is 36.5 Å². The molecule has 1 aliphatic carbocycles. The number of nitrogens with zero attached hydrogens (tertiary/aromatic N) is 7. The maximum absolute atomic E-state index is 12.6. The van der Waals surface area contributed by atoms with E-state index in [1.54, 1.807) is 4.90 Å². The van der Waals surface area contributed by atoms with Gasteiger partial charge in [0.05, 0.1) is 37.4 Å². The molecule has 6 rings (SSSR count). The van der Waals surface area contributed by atoms with Crippen molar-refractivity contribution in [3.05, 3.63) is 65.9 Å². The van der Waals surface area contributed by atoms with Gasteiger partial charge in [0.1, 0.15) is 5.82 Å². The number of benzene rings is 2.